The molecule has 0 aliphatic carbocycles. The third-order valence-electron chi connectivity index (χ3n) is 4.67. The summed E-state index contributed by atoms with van der Waals surface area (Å²) in [5.74, 6) is 0. The molecule has 5 aromatic rings. The Morgan fingerprint density at radius 2 is 1.24 bits per heavy atom. The van der Waals surface area contributed by atoms with Gasteiger partial charge in [0.1, 0.15) is 0 Å². The smallest absolute Gasteiger partial charge is 0.0801 e. The van der Waals surface area contributed by atoms with Crippen LogP contribution in [-0.2, 0) is 0 Å². The summed E-state index contributed by atoms with van der Waals surface area (Å²) in [5.41, 5.74) is 6.74. The third-order valence-corrected chi connectivity index (χ3v) is 4.67. The van der Waals surface area contributed by atoms with Gasteiger partial charge in [0.2, 0.25) is 0 Å². The molecule has 2 aromatic heterocycles. The molecule has 0 amide bonds. The van der Waals surface area contributed by atoms with Crippen LogP contribution in [0.15, 0.2) is 91.1 Å². The molecule has 25 heavy (non-hydrogen) atoms. The fraction of sp³-hybridized carbons (Fsp3) is 0. The van der Waals surface area contributed by atoms with E-state index in [0.29, 0.717) is 0 Å². The zero-order valence-corrected chi connectivity index (χ0v) is 13.6. The number of nitrogens with one attached hydrogen (secondary N) is 1. The molecule has 0 spiro atoms. The van der Waals surface area contributed by atoms with Crippen LogP contribution < -0.4 is 0 Å². The summed E-state index contributed by atoms with van der Waals surface area (Å²) in [5, 5.41) is 2.37. The highest BCUT2D eigenvalue weighted by atomic mass is 14.8. The van der Waals surface area contributed by atoms with Gasteiger partial charge in [0.25, 0.3) is 0 Å². The molecule has 2 nitrogen and oxygen atoms in total. The molecule has 0 radical (unpaired) electrons. The number of aromatic nitrogens is 2. The van der Waals surface area contributed by atoms with Gasteiger partial charge in [-0.3, -0.25) is 4.98 Å². The van der Waals surface area contributed by atoms with Crippen LogP contribution in [0.5, 0.6) is 0 Å². The number of H-pyrrole nitrogens is 1. The molecule has 0 bridgehead atoms. The van der Waals surface area contributed by atoms with Crippen LogP contribution in [-0.4, -0.2) is 9.97 Å². The molecule has 0 fully saturated rings. The Hall–Kier alpha value is -3.39. The van der Waals surface area contributed by atoms with Crippen LogP contribution in [0.25, 0.3) is 44.2 Å². The molecule has 5 rings (SSSR count). The summed E-state index contributed by atoms with van der Waals surface area (Å²) in [6.45, 7) is 0. The summed E-state index contributed by atoms with van der Waals surface area (Å²) in [6.07, 6.45) is 1.99. The summed E-state index contributed by atoms with van der Waals surface area (Å²) in [7, 11) is 0. The van der Waals surface area contributed by atoms with E-state index in [0.717, 1.165) is 33.2 Å². The number of benzene rings is 3. The van der Waals surface area contributed by atoms with Crippen LogP contribution in [0.2, 0.25) is 0 Å². The lowest BCUT2D eigenvalue weighted by Gasteiger charge is -2.11. The standard InChI is InChI=1S/C23H16N2/c1-3-9-16(10-4-1)21-22(17-11-5-2-6-12-17)24-15-19-18-13-7-8-14-20(18)25-23(19)21/h1-15,25H. The second kappa shape index (κ2) is 5.60. The number of para-hydroxylation sites is 1. The van der Waals surface area contributed by atoms with E-state index in [4.69, 9.17) is 4.98 Å². The van der Waals surface area contributed by atoms with Crippen molar-refractivity contribution in [1.29, 1.82) is 0 Å². The Morgan fingerprint density at radius 1 is 0.600 bits per heavy atom. The fourth-order valence-electron chi connectivity index (χ4n) is 3.51. The van der Waals surface area contributed by atoms with Crippen molar-refractivity contribution < 1.29 is 0 Å². The van der Waals surface area contributed by atoms with E-state index in [2.05, 4.69) is 77.8 Å². The molecule has 0 aliphatic rings. The number of aromatic amines is 1. The Kier molecular flexibility index (Phi) is 3.14. The Bertz CT molecular complexity index is 1170. The molecule has 0 saturated carbocycles. The van der Waals surface area contributed by atoms with Gasteiger partial charge in [0.15, 0.2) is 0 Å². The van der Waals surface area contributed by atoms with Gasteiger partial charge in [0.05, 0.1) is 11.2 Å². The second-order valence-corrected chi connectivity index (χ2v) is 6.17. The van der Waals surface area contributed by atoms with E-state index in [1.54, 1.807) is 0 Å². The molecule has 2 heteroatoms. The molecule has 3 aromatic carbocycles. The predicted molar refractivity (Wildman–Crippen MR) is 104 cm³/mol. The first-order valence-corrected chi connectivity index (χ1v) is 8.42. The number of hydrogen-bond acceptors (Lipinski definition) is 1. The maximum atomic E-state index is 4.86. The maximum Gasteiger partial charge on any atom is 0.0801 e. The zero-order valence-electron chi connectivity index (χ0n) is 13.6. The van der Waals surface area contributed by atoms with Crippen molar-refractivity contribution in [1.82, 2.24) is 9.97 Å². The normalized spacial score (nSPS) is 11.2. The van der Waals surface area contributed by atoms with Gasteiger partial charge in [-0.1, -0.05) is 78.9 Å². The van der Waals surface area contributed by atoms with Gasteiger partial charge in [-0.15, -0.1) is 0 Å². The van der Waals surface area contributed by atoms with E-state index < -0.39 is 0 Å². The predicted octanol–water partition coefficient (Wildman–Crippen LogP) is 6.05. The molecular weight excluding hydrogens is 304 g/mol. The first kappa shape index (κ1) is 14.0. The highest BCUT2D eigenvalue weighted by Gasteiger charge is 2.16. The summed E-state index contributed by atoms with van der Waals surface area (Å²) in [6, 6.07) is 29.3. The number of rotatable bonds is 2. The molecule has 0 saturated heterocycles. The number of fused-ring (bicyclic) bond motifs is 3. The van der Waals surface area contributed by atoms with Crippen molar-refractivity contribution in [2.45, 2.75) is 0 Å². The summed E-state index contributed by atoms with van der Waals surface area (Å²) in [4.78, 5) is 8.47. The minimum atomic E-state index is 1.01. The average Bonchev–Trinajstić information content (AvgIpc) is 3.07. The lowest BCUT2D eigenvalue weighted by atomic mass is 9.97. The maximum absolute atomic E-state index is 4.86. The van der Waals surface area contributed by atoms with Crippen LogP contribution >= 0.6 is 0 Å². The van der Waals surface area contributed by atoms with Crippen LogP contribution in [0, 0.1) is 0 Å². The van der Waals surface area contributed by atoms with Crippen molar-refractivity contribution in [3.8, 4) is 22.4 Å². The lowest BCUT2D eigenvalue weighted by molar-refractivity contribution is 1.35. The topological polar surface area (TPSA) is 28.7 Å². The van der Waals surface area contributed by atoms with E-state index in [1.807, 2.05) is 18.3 Å². The van der Waals surface area contributed by atoms with Crippen LogP contribution in [0.4, 0.5) is 0 Å². The Morgan fingerprint density at radius 3 is 2.00 bits per heavy atom. The van der Waals surface area contributed by atoms with Gasteiger partial charge >= 0.3 is 0 Å². The monoisotopic (exact) mass is 320 g/mol. The zero-order chi connectivity index (χ0) is 16.6. The van der Waals surface area contributed by atoms with E-state index in [-0.39, 0.29) is 0 Å². The van der Waals surface area contributed by atoms with Gasteiger partial charge in [-0.05, 0) is 11.6 Å². The van der Waals surface area contributed by atoms with Crippen molar-refractivity contribution >= 4 is 21.8 Å². The van der Waals surface area contributed by atoms with E-state index in [9.17, 15) is 0 Å². The summed E-state index contributed by atoms with van der Waals surface area (Å²) < 4.78 is 0. The third kappa shape index (κ3) is 2.23. The fourth-order valence-corrected chi connectivity index (χ4v) is 3.51. The molecule has 118 valence electrons. The Labute approximate surface area is 145 Å². The molecule has 0 unspecified atom stereocenters. The van der Waals surface area contributed by atoms with Gasteiger partial charge < -0.3 is 4.98 Å². The van der Waals surface area contributed by atoms with Crippen molar-refractivity contribution in [3.05, 3.63) is 91.1 Å². The second-order valence-electron chi connectivity index (χ2n) is 6.17. The Balaban J connectivity index is 1.93. The largest absolute Gasteiger partial charge is 0.354 e. The molecule has 2 heterocycles. The molecule has 0 aliphatic heterocycles. The average molecular weight is 320 g/mol. The number of hydrogen-bond donors (Lipinski definition) is 1. The van der Waals surface area contributed by atoms with E-state index in [1.165, 1.54) is 10.9 Å². The van der Waals surface area contributed by atoms with Crippen LogP contribution in [0.1, 0.15) is 0 Å². The minimum Gasteiger partial charge on any atom is -0.354 e. The first-order valence-electron chi connectivity index (χ1n) is 8.42. The van der Waals surface area contributed by atoms with Crippen molar-refractivity contribution in [2.75, 3.05) is 0 Å². The van der Waals surface area contributed by atoms with Gasteiger partial charge in [0, 0.05) is 33.6 Å². The van der Waals surface area contributed by atoms with Crippen molar-refractivity contribution in [3.63, 3.8) is 0 Å². The minimum absolute atomic E-state index is 1.01. The van der Waals surface area contributed by atoms with Gasteiger partial charge in [-0.2, -0.15) is 0 Å². The van der Waals surface area contributed by atoms with Crippen LogP contribution in [0.3, 0.4) is 0 Å². The molecule has 0 atom stereocenters. The van der Waals surface area contributed by atoms with Gasteiger partial charge in [-0.25, -0.2) is 0 Å². The van der Waals surface area contributed by atoms with Crippen molar-refractivity contribution in [2.24, 2.45) is 0 Å². The molecule has 1 N–H and O–H groups in total. The lowest BCUT2D eigenvalue weighted by Crippen LogP contribution is -1.91. The molecular formula is C23H16N2. The highest BCUT2D eigenvalue weighted by Crippen LogP contribution is 2.38. The quantitative estimate of drug-likeness (QED) is 0.421. The first-order chi connectivity index (χ1) is 12.4. The van der Waals surface area contributed by atoms with E-state index >= 15 is 0 Å². The number of pyridine rings is 1. The highest BCUT2D eigenvalue weighted by molar-refractivity contribution is 6.13. The summed E-state index contributed by atoms with van der Waals surface area (Å²) >= 11 is 0. The number of nitrogens with zero attached hydrogens (tertiary/aromatic N) is 1. The SMILES string of the molecule is c1ccc(-c2ncc3c([nH]c4ccccc43)c2-c2ccccc2)cc1.